The molecule has 0 bridgehead atoms. The van der Waals surface area contributed by atoms with Gasteiger partial charge < -0.3 is 4.74 Å². The number of hydrogen-bond donors (Lipinski definition) is 0. The number of halogens is 1. The maximum absolute atomic E-state index is 12.5. The molecule has 2 aromatic heterocycles. The zero-order chi connectivity index (χ0) is 18.4. The average molecular weight is 361 g/mol. The van der Waals surface area contributed by atoms with Crippen LogP contribution in [0.15, 0.2) is 35.4 Å². The van der Waals surface area contributed by atoms with Crippen molar-refractivity contribution in [3.8, 4) is 11.1 Å². The Bertz CT molecular complexity index is 1010. The van der Waals surface area contributed by atoms with E-state index in [0.717, 1.165) is 11.1 Å². The summed E-state index contributed by atoms with van der Waals surface area (Å²) in [4.78, 5) is 32.9. The molecule has 0 saturated carbocycles. The second kappa shape index (κ2) is 6.00. The molecular weight excluding hydrogens is 344 g/mol. The molecule has 0 atom stereocenters. The highest BCUT2D eigenvalue weighted by molar-refractivity contribution is 6.28. The quantitative estimate of drug-likeness (QED) is 0.622. The van der Waals surface area contributed by atoms with E-state index in [1.807, 2.05) is 0 Å². The van der Waals surface area contributed by atoms with Gasteiger partial charge in [-0.2, -0.15) is 4.68 Å². The fraction of sp³-hybridized carbons (Fsp3) is 0.294. The van der Waals surface area contributed by atoms with Crippen LogP contribution in [0.5, 0.6) is 0 Å². The number of fused-ring (bicyclic) bond motifs is 1. The van der Waals surface area contributed by atoms with Crippen LogP contribution in [0.4, 0.5) is 4.79 Å². The van der Waals surface area contributed by atoms with Crippen molar-refractivity contribution in [1.29, 1.82) is 0 Å². The molecule has 0 unspecified atom stereocenters. The van der Waals surface area contributed by atoms with E-state index in [1.165, 1.54) is 16.4 Å². The maximum Gasteiger partial charge on any atom is 0.434 e. The Balaban J connectivity index is 2.18. The standard InChI is InChI=1S/C17H17ClN4O3/c1-17(2,3)25-16(24)22-13-7-10(11-8-19-15(18)20-9-11)5-6-12(13)14(23)21(22)4/h5-9H,1-4H3. The normalized spacial score (nSPS) is 11.7. The van der Waals surface area contributed by atoms with Crippen LogP contribution in [0.1, 0.15) is 20.8 Å². The summed E-state index contributed by atoms with van der Waals surface area (Å²) in [7, 11) is 1.53. The van der Waals surface area contributed by atoms with Gasteiger partial charge in [-0.25, -0.2) is 19.4 Å². The van der Waals surface area contributed by atoms with E-state index in [4.69, 9.17) is 16.3 Å². The van der Waals surface area contributed by atoms with Crippen molar-refractivity contribution in [1.82, 2.24) is 19.3 Å². The number of aromatic nitrogens is 4. The Morgan fingerprint density at radius 1 is 1.16 bits per heavy atom. The number of ether oxygens (including phenoxy) is 1. The van der Waals surface area contributed by atoms with E-state index >= 15 is 0 Å². The molecule has 25 heavy (non-hydrogen) atoms. The van der Waals surface area contributed by atoms with Gasteiger partial charge in [0.05, 0.1) is 10.9 Å². The van der Waals surface area contributed by atoms with Gasteiger partial charge in [0.2, 0.25) is 5.28 Å². The number of rotatable bonds is 1. The lowest BCUT2D eigenvalue weighted by Crippen LogP contribution is -2.31. The molecule has 0 aliphatic rings. The lowest BCUT2D eigenvalue weighted by atomic mass is 10.1. The van der Waals surface area contributed by atoms with Crippen molar-refractivity contribution in [3.05, 3.63) is 46.2 Å². The Labute approximate surface area is 148 Å². The van der Waals surface area contributed by atoms with E-state index in [1.54, 1.807) is 51.4 Å². The molecule has 130 valence electrons. The van der Waals surface area contributed by atoms with E-state index in [9.17, 15) is 9.59 Å². The first kappa shape index (κ1) is 17.2. The van der Waals surface area contributed by atoms with Gasteiger partial charge in [0.1, 0.15) is 5.60 Å². The molecule has 0 saturated heterocycles. The number of carbonyl (C=O) groups is 1. The topological polar surface area (TPSA) is 79.0 Å². The molecule has 0 N–H and O–H groups in total. The number of benzene rings is 1. The Morgan fingerprint density at radius 2 is 1.80 bits per heavy atom. The van der Waals surface area contributed by atoms with Crippen molar-refractivity contribution in [2.75, 3.05) is 0 Å². The SMILES string of the molecule is Cn1c(=O)c2ccc(-c3cnc(Cl)nc3)cc2n1C(=O)OC(C)(C)C. The van der Waals surface area contributed by atoms with Crippen molar-refractivity contribution in [3.63, 3.8) is 0 Å². The summed E-state index contributed by atoms with van der Waals surface area (Å²) in [5.41, 5.74) is 0.977. The van der Waals surface area contributed by atoms with E-state index < -0.39 is 11.7 Å². The summed E-state index contributed by atoms with van der Waals surface area (Å²) >= 11 is 5.71. The summed E-state index contributed by atoms with van der Waals surface area (Å²) in [6.07, 6.45) is 2.54. The molecule has 3 rings (SSSR count). The summed E-state index contributed by atoms with van der Waals surface area (Å²) < 4.78 is 7.87. The molecule has 0 fully saturated rings. The predicted octanol–water partition coefficient (Wildman–Crippen LogP) is 3.23. The van der Waals surface area contributed by atoms with Crippen LogP contribution in [0.3, 0.4) is 0 Å². The highest BCUT2D eigenvalue weighted by atomic mass is 35.5. The fourth-order valence-corrected chi connectivity index (χ4v) is 2.58. The highest BCUT2D eigenvalue weighted by Crippen LogP contribution is 2.23. The van der Waals surface area contributed by atoms with Crippen LogP contribution >= 0.6 is 11.6 Å². The summed E-state index contributed by atoms with van der Waals surface area (Å²) in [6, 6.07) is 5.17. The lowest BCUT2D eigenvalue weighted by molar-refractivity contribution is 0.0503. The summed E-state index contributed by atoms with van der Waals surface area (Å²) in [6.45, 7) is 5.31. The van der Waals surface area contributed by atoms with Gasteiger partial charge in [-0.15, -0.1) is 0 Å². The van der Waals surface area contributed by atoms with Crippen molar-refractivity contribution < 1.29 is 9.53 Å². The zero-order valence-electron chi connectivity index (χ0n) is 14.3. The smallest absolute Gasteiger partial charge is 0.434 e. The first-order valence-electron chi connectivity index (χ1n) is 7.60. The predicted molar refractivity (Wildman–Crippen MR) is 94.8 cm³/mol. The lowest BCUT2D eigenvalue weighted by Gasteiger charge is -2.20. The molecule has 0 spiro atoms. The molecule has 8 heteroatoms. The third-order valence-electron chi connectivity index (χ3n) is 3.57. The molecule has 0 aliphatic carbocycles. The maximum atomic E-state index is 12.5. The molecule has 0 radical (unpaired) electrons. The first-order valence-corrected chi connectivity index (χ1v) is 7.98. The van der Waals surface area contributed by atoms with Gasteiger partial charge in [0, 0.05) is 25.0 Å². The molecule has 1 aromatic carbocycles. The van der Waals surface area contributed by atoms with E-state index in [-0.39, 0.29) is 10.8 Å². The van der Waals surface area contributed by atoms with Crippen LogP contribution in [0.25, 0.3) is 22.0 Å². The van der Waals surface area contributed by atoms with Crippen LogP contribution in [-0.4, -0.2) is 31.0 Å². The van der Waals surface area contributed by atoms with Crippen LogP contribution in [-0.2, 0) is 11.8 Å². The molecular formula is C17H17ClN4O3. The minimum Gasteiger partial charge on any atom is -0.442 e. The minimum absolute atomic E-state index is 0.148. The Kier molecular flexibility index (Phi) is 4.12. The second-order valence-electron chi connectivity index (χ2n) is 6.59. The van der Waals surface area contributed by atoms with Crippen molar-refractivity contribution >= 4 is 28.6 Å². The van der Waals surface area contributed by atoms with Crippen LogP contribution in [0, 0.1) is 0 Å². The molecule has 3 aromatic rings. The van der Waals surface area contributed by atoms with Crippen LogP contribution < -0.4 is 5.56 Å². The van der Waals surface area contributed by atoms with Gasteiger partial charge in [0.15, 0.2) is 0 Å². The van der Waals surface area contributed by atoms with Gasteiger partial charge in [0.25, 0.3) is 5.56 Å². The van der Waals surface area contributed by atoms with Gasteiger partial charge in [-0.3, -0.25) is 4.79 Å². The largest absolute Gasteiger partial charge is 0.442 e. The monoisotopic (exact) mass is 360 g/mol. The molecule has 0 amide bonds. The van der Waals surface area contributed by atoms with E-state index in [2.05, 4.69) is 9.97 Å². The van der Waals surface area contributed by atoms with Gasteiger partial charge in [-0.1, -0.05) is 6.07 Å². The van der Waals surface area contributed by atoms with Crippen LogP contribution in [0.2, 0.25) is 5.28 Å². The number of carbonyl (C=O) groups excluding carboxylic acids is 1. The van der Waals surface area contributed by atoms with Crippen molar-refractivity contribution in [2.45, 2.75) is 26.4 Å². The van der Waals surface area contributed by atoms with Gasteiger partial charge >= 0.3 is 6.09 Å². The summed E-state index contributed by atoms with van der Waals surface area (Å²) in [5, 5.41) is 0.571. The summed E-state index contributed by atoms with van der Waals surface area (Å²) in [5.74, 6) is 0. The second-order valence-corrected chi connectivity index (χ2v) is 6.93. The van der Waals surface area contributed by atoms with Gasteiger partial charge in [-0.05, 0) is 50.1 Å². The highest BCUT2D eigenvalue weighted by Gasteiger charge is 2.23. The third kappa shape index (κ3) is 3.28. The fourth-order valence-electron chi connectivity index (χ4n) is 2.48. The Hall–Kier alpha value is -2.67. The average Bonchev–Trinajstić information content (AvgIpc) is 2.77. The molecule has 2 heterocycles. The third-order valence-corrected chi connectivity index (χ3v) is 3.77. The van der Waals surface area contributed by atoms with Crippen molar-refractivity contribution in [2.24, 2.45) is 7.05 Å². The minimum atomic E-state index is -0.675. The number of nitrogens with zero attached hydrogens (tertiary/aromatic N) is 4. The van der Waals surface area contributed by atoms with E-state index in [0.29, 0.717) is 10.9 Å². The Morgan fingerprint density at radius 3 is 2.40 bits per heavy atom. The zero-order valence-corrected chi connectivity index (χ0v) is 15.0. The number of hydrogen-bond acceptors (Lipinski definition) is 5. The molecule has 0 aliphatic heterocycles. The molecule has 7 nitrogen and oxygen atoms in total. The first-order chi connectivity index (χ1) is 11.7.